The van der Waals surface area contributed by atoms with Crippen LogP contribution in [0.3, 0.4) is 0 Å². The quantitative estimate of drug-likeness (QED) is 0.296. The van der Waals surface area contributed by atoms with Crippen molar-refractivity contribution in [1.29, 1.82) is 0 Å². The molecule has 0 aliphatic carbocycles. The van der Waals surface area contributed by atoms with Crippen molar-refractivity contribution in [3.05, 3.63) is 35.5 Å². The summed E-state index contributed by atoms with van der Waals surface area (Å²) in [5.74, 6) is 0. The molecule has 2 aromatic rings. The summed E-state index contributed by atoms with van der Waals surface area (Å²) in [6, 6.07) is 7.78. The van der Waals surface area contributed by atoms with E-state index in [4.69, 9.17) is 22.0 Å². The van der Waals surface area contributed by atoms with Gasteiger partial charge in [-0.3, -0.25) is 9.51 Å². The number of nitrogens with one attached hydrogen (secondary N) is 1. The van der Waals surface area contributed by atoms with Crippen molar-refractivity contribution in [2.24, 2.45) is 5.50 Å². The first kappa shape index (κ1) is 22.1. The summed E-state index contributed by atoms with van der Waals surface area (Å²) in [5.41, 5.74) is 6.91. The third kappa shape index (κ3) is 9.04. The van der Waals surface area contributed by atoms with E-state index in [0.717, 1.165) is 48.8 Å². The van der Waals surface area contributed by atoms with Gasteiger partial charge in [-0.15, -0.1) is 0 Å². The Labute approximate surface area is 166 Å². The van der Waals surface area contributed by atoms with Crippen LogP contribution in [0.1, 0.15) is 51.4 Å². The van der Waals surface area contributed by atoms with Gasteiger partial charge in [0.25, 0.3) is 0 Å². The highest BCUT2D eigenvalue weighted by atomic mass is 35.5. The predicted molar refractivity (Wildman–Crippen MR) is 112 cm³/mol. The SMILES string of the molecule is NP(=O)(O)OCCCCCCCCCCNc1ccnc2cc(Cl)ccc12. The van der Waals surface area contributed by atoms with Gasteiger partial charge >= 0.3 is 7.75 Å². The lowest BCUT2D eigenvalue weighted by Crippen LogP contribution is -2.02. The smallest absolute Gasteiger partial charge is 0.384 e. The van der Waals surface area contributed by atoms with Gasteiger partial charge in [0.1, 0.15) is 0 Å². The molecule has 1 unspecified atom stereocenters. The molecule has 0 radical (unpaired) electrons. The molecule has 1 atom stereocenters. The molecule has 0 spiro atoms. The van der Waals surface area contributed by atoms with E-state index in [-0.39, 0.29) is 6.61 Å². The maximum absolute atomic E-state index is 10.7. The highest BCUT2D eigenvalue weighted by molar-refractivity contribution is 7.50. The molecule has 8 heteroatoms. The van der Waals surface area contributed by atoms with Crippen LogP contribution in [-0.2, 0) is 9.09 Å². The molecule has 0 bridgehead atoms. The van der Waals surface area contributed by atoms with Gasteiger partial charge in [-0.2, -0.15) is 0 Å². The van der Waals surface area contributed by atoms with E-state index in [1.54, 1.807) is 6.20 Å². The average molecular weight is 414 g/mol. The van der Waals surface area contributed by atoms with Crippen molar-refractivity contribution < 1.29 is 14.0 Å². The Hall–Kier alpha value is -1.17. The van der Waals surface area contributed by atoms with Crippen molar-refractivity contribution in [2.75, 3.05) is 18.5 Å². The van der Waals surface area contributed by atoms with Crippen molar-refractivity contribution in [2.45, 2.75) is 51.4 Å². The van der Waals surface area contributed by atoms with E-state index >= 15 is 0 Å². The number of nitrogens with two attached hydrogens (primary N) is 1. The fourth-order valence-corrected chi connectivity index (χ4v) is 3.54. The number of aromatic nitrogens is 1. The van der Waals surface area contributed by atoms with Gasteiger partial charge in [-0.1, -0.05) is 50.1 Å². The summed E-state index contributed by atoms with van der Waals surface area (Å²) >= 11 is 6.02. The predicted octanol–water partition coefficient (Wildman–Crippen LogP) is 5.50. The summed E-state index contributed by atoms with van der Waals surface area (Å²) < 4.78 is 15.4. The molecule has 0 aliphatic heterocycles. The normalized spacial score (nSPS) is 13.6. The fourth-order valence-electron chi connectivity index (χ4n) is 2.98. The fraction of sp³-hybridized carbons (Fsp3) is 0.526. The zero-order valence-corrected chi connectivity index (χ0v) is 17.2. The monoisotopic (exact) mass is 413 g/mol. The highest BCUT2D eigenvalue weighted by Gasteiger charge is 2.09. The lowest BCUT2D eigenvalue weighted by atomic mass is 10.1. The number of hydrogen-bond donors (Lipinski definition) is 3. The second kappa shape index (κ2) is 11.6. The van der Waals surface area contributed by atoms with Crippen LogP contribution in [0.4, 0.5) is 5.69 Å². The second-order valence-electron chi connectivity index (χ2n) is 6.67. The first-order valence-corrected chi connectivity index (χ1v) is 11.5. The molecule has 6 nitrogen and oxygen atoms in total. The molecule has 150 valence electrons. The van der Waals surface area contributed by atoms with Crippen molar-refractivity contribution in [3.8, 4) is 0 Å². The van der Waals surface area contributed by atoms with Crippen LogP contribution in [0.15, 0.2) is 30.5 Å². The Bertz CT molecular complexity index is 754. The number of unbranched alkanes of at least 4 members (excludes halogenated alkanes) is 7. The minimum atomic E-state index is -3.80. The number of fused-ring (bicyclic) bond motifs is 1. The van der Waals surface area contributed by atoms with Gasteiger partial charge in [-0.05, 0) is 37.1 Å². The molecule has 2 rings (SSSR count). The van der Waals surface area contributed by atoms with E-state index in [0.29, 0.717) is 5.02 Å². The maximum Gasteiger partial charge on any atom is 0.400 e. The molecule has 0 saturated heterocycles. The summed E-state index contributed by atoms with van der Waals surface area (Å²) in [6.07, 6.45) is 10.7. The van der Waals surface area contributed by atoms with Crippen LogP contribution in [0.25, 0.3) is 10.9 Å². The average Bonchev–Trinajstić information content (AvgIpc) is 2.61. The van der Waals surface area contributed by atoms with Crippen LogP contribution in [0.2, 0.25) is 5.02 Å². The topological polar surface area (TPSA) is 97.5 Å². The third-order valence-corrected chi connectivity index (χ3v) is 5.16. The van der Waals surface area contributed by atoms with Gasteiger partial charge in [0.15, 0.2) is 0 Å². The number of anilines is 1. The van der Waals surface area contributed by atoms with Crippen LogP contribution in [0.5, 0.6) is 0 Å². The van der Waals surface area contributed by atoms with E-state index < -0.39 is 7.75 Å². The third-order valence-electron chi connectivity index (χ3n) is 4.37. The van der Waals surface area contributed by atoms with Crippen LogP contribution < -0.4 is 10.8 Å². The Morgan fingerprint density at radius 1 is 1.07 bits per heavy atom. The molecule has 4 N–H and O–H groups in total. The number of pyridine rings is 1. The van der Waals surface area contributed by atoms with Gasteiger partial charge < -0.3 is 10.2 Å². The Balaban J connectivity index is 1.50. The van der Waals surface area contributed by atoms with Crippen LogP contribution in [0, 0.1) is 0 Å². The number of hydrogen-bond acceptors (Lipinski definition) is 4. The minimum Gasteiger partial charge on any atom is -0.384 e. The molecular formula is C19H29ClN3O3P. The van der Waals surface area contributed by atoms with Gasteiger partial charge in [-0.25, -0.2) is 10.1 Å². The van der Waals surface area contributed by atoms with E-state index in [1.807, 2.05) is 24.3 Å². The van der Waals surface area contributed by atoms with Crippen molar-refractivity contribution in [3.63, 3.8) is 0 Å². The molecular weight excluding hydrogens is 385 g/mol. The lowest BCUT2D eigenvalue weighted by molar-refractivity contribution is 0.253. The highest BCUT2D eigenvalue weighted by Crippen LogP contribution is 2.31. The largest absolute Gasteiger partial charge is 0.400 e. The Morgan fingerprint density at radius 2 is 1.74 bits per heavy atom. The number of rotatable bonds is 13. The summed E-state index contributed by atoms with van der Waals surface area (Å²) in [6.45, 7) is 1.20. The molecule has 1 aromatic heterocycles. The number of halogens is 1. The molecule has 0 amide bonds. The molecule has 1 aromatic carbocycles. The summed E-state index contributed by atoms with van der Waals surface area (Å²) in [4.78, 5) is 13.1. The molecule has 0 saturated carbocycles. The second-order valence-corrected chi connectivity index (χ2v) is 8.50. The Kier molecular flexibility index (Phi) is 9.52. The molecule has 0 aliphatic rings. The van der Waals surface area contributed by atoms with E-state index in [2.05, 4.69) is 14.8 Å². The first-order chi connectivity index (χ1) is 13.0. The van der Waals surface area contributed by atoms with Crippen LogP contribution in [-0.4, -0.2) is 23.0 Å². The zero-order chi connectivity index (χ0) is 19.5. The summed E-state index contributed by atoms with van der Waals surface area (Å²) in [5, 5.41) is 5.29. The van der Waals surface area contributed by atoms with Crippen LogP contribution >= 0.6 is 19.3 Å². The minimum absolute atomic E-state index is 0.256. The Morgan fingerprint density at radius 3 is 2.44 bits per heavy atom. The maximum atomic E-state index is 10.7. The van der Waals surface area contributed by atoms with Crippen molar-refractivity contribution >= 4 is 35.9 Å². The van der Waals surface area contributed by atoms with Gasteiger partial charge in [0.05, 0.1) is 12.1 Å². The first-order valence-electron chi connectivity index (χ1n) is 9.50. The van der Waals surface area contributed by atoms with Gasteiger partial charge in [0.2, 0.25) is 0 Å². The number of nitrogens with zero attached hydrogens (tertiary/aromatic N) is 1. The molecule has 0 fully saturated rings. The number of benzene rings is 1. The van der Waals surface area contributed by atoms with E-state index in [9.17, 15) is 4.57 Å². The standard InChI is InChI=1S/C19H29ClN3O3P/c20-16-9-10-17-18(11-13-23-19(17)15-16)22-12-7-5-3-1-2-4-6-8-14-26-27(21,24)25/h9-11,13,15H,1-8,12,14H2,(H,22,23)(H3,21,24,25). The molecule has 27 heavy (non-hydrogen) atoms. The van der Waals surface area contributed by atoms with E-state index in [1.165, 1.54) is 25.7 Å². The lowest BCUT2D eigenvalue weighted by Gasteiger charge is -2.09. The zero-order valence-electron chi connectivity index (χ0n) is 15.6. The summed E-state index contributed by atoms with van der Waals surface area (Å²) in [7, 11) is -3.80. The van der Waals surface area contributed by atoms with Gasteiger partial charge in [0, 0.05) is 28.8 Å². The van der Waals surface area contributed by atoms with Crippen molar-refractivity contribution in [1.82, 2.24) is 4.98 Å². The molecule has 1 heterocycles.